The Morgan fingerprint density at radius 3 is 2.05 bits per heavy atom. The molecule has 2 rings (SSSR count). The maximum atomic E-state index is 12.4. The van der Waals surface area contributed by atoms with Crippen molar-refractivity contribution in [2.75, 3.05) is 4.90 Å². The van der Waals surface area contributed by atoms with Gasteiger partial charge in [0.25, 0.3) is 0 Å². The van der Waals surface area contributed by atoms with Crippen molar-refractivity contribution in [3.63, 3.8) is 0 Å². The van der Waals surface area contributed by atoms with Crippen molar-refractivity contribution in [1.29, 1.82) is 0 Å². The molecule has 0 aliphatic carbocycles. The molecule has 2 amide bonds. The highest BCUT2D eigenvalue weighted by molar-refractivity contribution is 5.99. The maximum Gasteiger partial charge on any atom is 0.485 e. The fraction of sp³-hybridized carbons (Fsp3) is 0.0625. The molecule has 22 heavy (non-hydrogen) atoms. The first-order valence-electron chi connectivity index (χ1n) is 6.37. The van der Waals surface area contributed by atoms with E-state index in [9.17, 15) is 18.0 Å². The minimum atomic E-state index is -4.80. The van der Waals surface area contributed by atoms with E-state index in [1.54, 1.807) is 60.7 Å². The Labute approximate surface area is 125 Å². The van der Waals surface area contributed by atoms with Gasteiger partial charge in [0.2, 0.25) is 0 Å². The standard InChI is InChI=1S/C16H13F3N2O/c1-2-12-8-10-14(11-9-12)21(13-6-4-3-5-7-13)15(22)20-16(17,18)19/h2-11H,1H2,(H,20,22). The van der Waals surface area contributed by atoms with E-state index in [-0.39, 0.29) is 0 Å². The summed E-state index contributed by atoms with van der Waals surface area (Å²) < 4.78 is 37.3. The van der Waals surface area contributed by atoms with Crippen molar-refractivity contribution >= 4 is 23.5 Å². The molecule has 0 saturated carbocycles. The molecule has 0 heterocycles. The minimum Gasteiger partial charge on any atom is -0.263 e. The highest BCUT2D eigenvalue weighted by Gasteiger charge is 2.33. The molecule has 0 unspecified atom stereocenters. The Kier molecular flexibility index (Phi) is 4.50. The van der Waals surface area contributed by atoms with Crippen LogP contribution in [0.5, 0.6) is 0 Å². The van der Waals surface area contributed by atoms with Gasteiger partial charge in [-0.15, -0.1) is 0 Å². The molecule has 0 aromatic heterocycles. The van der Waals surface area contributed by atoms with E-state index in [4.69, 9.17) is 0 Å². The molecule has 0 aliphatic heterocycles. The van der Waals surface area contributed by atoms with Crippen LogP contribution in [0.2, 0.25) is 0 Å². The number of hydrogen-bond donors (Lipinski definition) is 1. The van der Waals surface area contributed by atoms with Crippen molar-refractivity contribution in [2.45, 2.75) is 6.30 Å². The van der Waals surface area contributed by atoms with E-state index in [0.29, 0.717) is 11.4 Å². The van der Waals surface area contributed by atoms with E-state index in [1.165, 1.54) is 0 Å². The predicted octanol–water partition coefficient (Wildman–Crippen LogP) is 4.70. The van der Waals surface area contributed by atoms with Gasteiger partial charge in [0.05, 0.1) is 11.4 Å². The summed E-state index contributed by atoms with van der Waals surface area (Å²) in [5.74, 6) is 0. The van der Waals surface area contributed by atoms with Crippen LogP contribution >= 0.6 is 0 Å². The normalized spacial score (nSPS) is 10.9. The third-order valence-corrected chi connectivity index (χ3v) is 2.85. The Morgan fingerprint density at radius 1 is 1.00 bits per heavy atom. The zero-order valence-corrected chi connectivity index (χ0v) is 11.5. The van der Waals surface area contributed by atoms with Gasteiger partial charge < -0.3 is 0 Å². The number of rotatable bonds is 3. The van der Waals surface area contributed by atoms with Crippen LogP contribution in [0.3, 0.4) is 0 Å². The van der Waals surface area contributed by atoms with Crippen LogP contribution < -0.4 is 10.2 Å². The topological polar surface area (TPSA) is 32.3 Å². The van der Waals surface area contributed by atoms with E-state index in [1.807, 2.05) is 0 Å². The number of alkyl halides is 3. The number of hydrogen-bond acceptors (Lipinski definition) is 1. The number of urea groups is 1. The van der Waals surface area contributed by atoms with Crippen molar-refractivity contribution in [3.05, 3.63) is 66.7 Å². The Hall–Kier alpha value is -2.76. The van der Waals surface area contributed by atoms with Gasteiger partial charge in [0.15, 0.2) is 0 Å². The summed E-state index contributed by atoms with van der Waals surface area (Å²) in [7, 11) is 0. The lowest BCUT2D eigenvalue weighted by Crippen LogP contribution is -2.44. The number of nitrogens with one attached hydrogen (secondary N) is 1. The first-order valence-corrected chi connectivity index (χ1v) is 6.37. The largest absolute Gasteiger partial charge is 0.485 e. The molecule has 0 fully saturated rings. The van der Waals surface area contributed by atoms with Gasteiger partial charge in [0, 0.05) is 0 Å². The monoisotopic (exact) mass is 306 g/mol. The van der Waals surface area contributed by atoms with E-state index in [0.717, 1.165) is 15.8 Å². The molecule has 114 valence electrons. The van der Waals surface area contributed by atoms with Gasteiger partial charge in [-0.1, -0.05) is 43.0 Å². The molecule has 6 heteroatoms. The summed E-state index contributed by atoms with van der Waals surface area (Å²) in [5, 5.41) is 1.01. The highest BCUT2D eigenvalue weighted by atomic mass is 19.4. The fourth-order valence-corrected chi connectivity index (χ4v) is 1.90. The number of para-hydroxylation sites is 1. The molecular formula is C16H13F3N2O. The summed E-state index contributed by atoms with van der Waals surface area (Å²) in [6, 6.07) is 13.3. The Morgan fingerprint density at radius 2 is 1.55 bits per heavy atom. The number of carbonyl (C=O) groups is 1. The molecule has 0 atom stereocenters. The van der Waals surface area contributed by atoms with Gasteiger partial charge in [-0.05, 0) is 29.8 Å². The van der Waals surface area contributed by atoms with Crippen LogP contribution in [-0.4, -0.2) is 12.3 Å². The second-order valence-corrected chi connectivity index (χ2v) is 4.39. The van der Waals surface area contributed by atoms with Gasteiger partial charge in [-0.3, -0.25) is 4.90 Å². The number of halogens is 3. The number of benzene rings is 2. The molecule has 2 aromatic carbocycles. The molecule has 0 aliphatic rings. The molecular weight excluding hydrogens is 293 g/mol. The lowest BCUT2D eigenvalue weighted by Gasteiger charge is -2.24. The first kappa shape index (κ1) is 15.6. The van der Waals surface area contributed by atoms with Crippen molar-refractivity contribution in [2.24, 2.45) is 0 Å². The maximum absolute atomic E-state index is 12.4. The molecule has 0 spiro atoms. The quantitative estimate of drug-likeness (QED) is 0.819. The lowest BCUT2D eigenvalue weighted by molar-refractivity contribution is -0.144. The smallest absolute Gasteiger partial charge is 0.263 e. The summed E-state index contributed by atoms with van der Waals surface area (Å²) in [4.78, 5) is 12.9. The number of amides is 2. The SMILES string of the molecule is C=Cc1ccc(N(C(=O)NC(F)(F)F)c2ccccc2)cc1. The lowest BCUT2D eigenvalue weighted by atomic mass is 10.2. The molecule has 0 saturated heterocycles. The van der Waals surface area contributed by atoms with Crippen LogP contribution in [0.4, 0.5) is 29.3 Å². The van der Waals surface area contributed by atoms with E-state index >= 15 is 0 Å². The van der Waals surface area contributed by atoms with Crippen LogP contribution in [0, 0.1) is 0 Å². The molecule has 2 aromatic rings. The van der Waals surface area contributed by atoms with Crippen molar-refractivity contribution in [1.82, 2.24) is 5.32 Å². The zero-order valence-electron chi connectivity index (χ0n) is 11.5. The summed E-state index contributed by atoms with van der Waals surface area (Å²) in [6.07, 6.45) is -3.20. The van der Waals surface area contributed by atoms with Crippen molar-refractivity contribution < 1.29 is 18.0 Å². The molecule has 0 radical (unpaired) electrons. The summed E-state index contributed by atoms with van der Waals surface area (Å²) in [5.41, 5.74) is 1.45. The van der Waals surface area contributed by atoms with Gasteiger partial charge in [-0.25, -0.2) is 10.1 Å². The van der Waals surface area contributed by atoms with Gasteiger partial charge >= 0.3 is 12.3 Å². The molecule has 0 bridgehead atoms. The summed E-state index contributed by atoms with van der Waals surface area (Å²) in [6.45, 7) is 3.61. The van der Waals surface area contributed by atoms with E-state index < -0.39 is 12.3 Å². The molecule has 3 nitrogen and oxygen atoms in total. The minimum absolute atomic E-state index is 0.318. The van der Waals surface area contributed by atoms with Gasteiger partial charge in [-0.2, -0.15) is 13.2 Å². The van der Waals surface area contributed by atoms with Crippen LogP contribution in [0.15, 0.2) is 61.2 Å². The fourth-order valence-electron chi connectivity index (χ4n) is 1.90. The summed E-state index contributed by atoms with van der Waals surface area (Å²) >= 11 is 0. The second kappa shape index (κ2) is 6.34. The highest BCUT2D eigenvalue weighted by Crippen LogP contribution is 2.26. The average Bonchev–Trinajstić information content (AvgIpc) is 2.47. The van der Waals surface area contributed by atoms with Crippen LogP contribution in [0.1, 0.15) is 5.56 Å². The van der Waals surface area contributed by atoms with Crippen LogP contribution in [-0.2, 0) is 0 Å². The predicted molar refractivity (Wildman–Crippen MR) is 79.7 cm³/mol. The Bertz CT molecular complexity index is 651. The van der Waals surface area contributed by atoms with Crippen molar-refractivity contribution in [3.8, 4) is 0 Å². The second-order valence-electron chi connectivity index (χ2n) is 4.39. The third-order valence-electron chi connectivity index (χ3n) is 2.85. The average molecular weight is 306 g/mol. The molecule has 1 N–H and O–H groups in total. The first-order chi connectivity index (χ1) is 10.4. The van der Waals surface area contributed by atoms with Crippen LogP contribution in [0.25, 0.3) is 6.08 Å². The Balaban J connectivity index is 2.41. The van der Waals surface area contributed by atoms with Gasteiger partial charge in [0.1, 0.15) is 0 Å². The number of nitrogens with zero attached hydrogens (tertiary/aromatic N) is 1. The third kappa shape index (κ3) is 3.88. The number of carbonyl (C=O) groups excluding carboxylic acids is 1. The van der Waals surface area contributed by atoms with E-state index in [2.05, 4.69) is 6.58 Å². The zero-order chi connectivity index (χ0) is 16.2. The number of anilines is 2.